The Labute approximate surface area is 113 Å². The Morgan fingerprint density at radius 2 is 2.21 bits per heavy atom. The van der Waals surface area contributed by atoms with Gasteiger partial charge in [0, 0.05) is 25.8 Å². The van der Waals surface area contributed by atoms with Crippen LogP contribution in [0.3, 0.4) is 0 Å². The summed E-state index contributed by atoms with van der Waals surface area (Å²) in [6.07, 6.45) is 0.966. The zero-order valence-electron chi connectivity index (χ0n) is 12.1. The van der Waals surface area contributed by atoms with E-state index in [0.29, 0.717) is 17.9 Å². The number of furan rings is 1. The minimum atomic E-state index is -1.02. The minimum absolute atomic E-state index is 0.0236. The summed E-state index contributed by atoms with van der Waals surface area (Å²) >= 11 is 0. The van der Waals surface area contributed by atoms with Crippen molar-refractivity contribution in [1.82, 2.24) is 5.32 Å². The molecule has 0 saturated heterocycles. The van der Waals surface area contributed by atoms with Gasteiger partial charge in [0.25, 0.3) is 0 Å². The molecule has 0 atom stereocenters. The van der Waals surface area contributed by atoms with E-state index in [9.17, 15) is 4.79 Å². The fourth-order valence-corrected chi connectivity index (χ4v) is 1.84. The van der Waals surface area contributed by atoms with Crippen LogP contribution >= 0.6 is 0 Å². The molecule has 5 heteroatoms. The Kier molecular flexibility index (Phi) is 5.57. The Morgan fingerprint density at radius 1 is 1.53 bits per heavy atom. The van der Waals surface area contributed by atoms with Crippen LogP contribution in [0.25, 0.3) is 0 Å². The van der Waals surface area contributed by atoms with Gasteiger partial charge in [-0.15, -0.1) is 0 Å². The molecule has 5 nitrogen and oxygen atoms in total. The van der Waals surface area contributed by atoms with Crippen molar-refractivity contribution in [2.75, 3.05) is 20.3 Å². The third-order valence-electron chi connectivity index (χ3n) is 3.05. The molecule has 0 amide bonds. The predicted molar refractivity (Wildman–Crippen MR) is 72.4 cm³/mol. The first-order valence-corrected chi connectivity index (χ1v) is 6.38. The van der Waals surface area contributed by atoms with Crippen molar-refractivity contribution in [1.29, 1.82) is 0 Å². The van der Waals surface area contributed by atoms with E-state index in [1.54, 1.807) is 20.1 Å². The molecule has 1 aromatic rings. The molecule has 0 saturated carbocycles. The molecule has 0 bridgehead atoms. The topological polar surface area (TPSA) is 71.7 Å². The molecule has 0 aliphatic carbocycles. The molecule has 2 N–H and O–H groups in total. The van der Waals surface area contributed by atoms with Gasteiger partial charge < -0.3 is 19.6 Å². The molecule has 0 radical (unpaired) electrons. The van der Waals surface area contributed by atoms with Gasteiger partial charge in [0.15, 0.2) is 0 Å². The molecule has 0 spiro atoms. The van der Waals surface area contributed by atoms with E-state index in [4.69, 9.17) is 14.3 Å². The Morgan fingerprint density at radius 3 is 2.74 bits per heavy atom. The molecule has 0 aliphatic heterocycles. The predicted octanol–water partition coefficient (Wildman–Crippen LogP) is 2.44. The summed E-state index contributed by atoms with van der Waals surface area (Å²) in [5, 5.41) is 12.2. The van der Waals surface area contributed by atoms with Crippen LogP contribution in [0, 0.1) is 12.3 Å². The summed E-state index contributed by atoms with van der Waals surface area (Å²) < 4.78 is 10.4. The van der Waals surface area contributed by atoms with E-state index >= 15 is 0 Å². The lowest BCUT2D eigenvalue weighted by molar-refractivity contribution is 0.0659. The van der Waals surface area contributed by atoms with Crippen molar-refractivity contribution in [3.63, 3.8) is 0 Å². The second kappa shape index (κ2) is 6.73. The van der Waals surface area contributed by atoms with Gasteiger partial charge in [0.2, 0.25) is 5.76 Å². The fraction of sp³-hybridized carbons (Fsp3) is 0.643. The lowest BCUT2D eigenvalue weighted by atomic mass is 9.90. The van der Waals surface area contributed by atoms with Crippen molar-refractivity contribution < 1.29 is 19.1 Å². The number of hydrogen-bond acceptors (Lipinski definition) is 4. The quantitative estimate of drug-likeness (QED) is 0.758. The van der Waals surface area contributed by atoms with E-state index in [0.717, 1.165) is 19.6 Å². The lowest BCUT2D eigenvalue weighted by Gasteiger charge is -2.24. The van der Waals surface area contributed by atoms with E-state index in [1.165, 1.54) is 0 Å². The molecule has 1 aromatic heterocycles. The molecule has 0 aliphatic rings. The maximum absolute atomic E-state index is 10.9. The molecular weight excluding hydrogens is 246 g/mol. The van der Waals surface area contributed by atoms with Crippen LogP contribution in [0.1, 0.15) is 42.1 Å². The Hall–Kier alpha value is -1.33. The summed E-state index contributed by atoms with van der Waals surface area (Å²) in [7, 11) is 1.70. The standard InChI is InChI=1S/C14H23NO4/c1-10-7-11(19-12(10)13(16)17)8-15-9-14(2,3)5-6-18-4/h7,15H,5-6,8-9H2,1-4H3,(H,16,17). The van der Waals surface area contributed by atoms with Gasteiger partial charge in [-0.25, -0.2) is 4.79 Å². The van der Waals surface area contributed by atoms with E-state index < -0.39 is 5.97 Å². The molecule has 0 aromatic carbocycles. The fourth-order valence-electron chi connectivity index (χ4n) is 1.84. The first-order chi connectivity index (χ1) is 8.85. The number of carboxylic acid groups (broad SMARTS) is 1. The molecule has 1 rings (SSSR count). The Balaban J connectivity index is 2.45. The van der Waals surface area contributed by atoms with Gasteiger partial charge in [-0.05, 0) is 24.8 Å². The van der Waals surface area contributed by atoms with Crippen molar-refractivity contribution in [3.05, 3.63) is 23.2 Å². The number of hydrogen-bond donors (Lipinski definition) is 2. The van der Waals surface area contributed by atoms with Crippen LogP contribution in [-0.4, -0.2) is 31.3 Å². The summed E-state index contributed by atoms with van der Waals surface area (Å²) in [6, 6.07) is 1.76. The van der Waals surface area contributed by atoms with E-state index in [1.807, 2.05) is 0 Å². The monoisotopic (exact) mass is 269 g/mol. The highest BCUT2D eigenvalue weighted by molar-refractivity contribution is 5.86. The molecule has 108 valence electrons. The zero-order valence-corrected chi connectivity index (χ0v) is 12.1. The second-order valence-corrected chi connectivity index (χ2v) is 5.54. The van der Waals surface area contributed by atoms with Crippen LogP contribution in [-0.2, 0) is 11.3 Å². The SMILES string of the molecule is COCCC(C)(C)CNCc1cc(C)c(C(=O)O)o1. The number of ether oxygens (including phenoxy) is 1. The molecule has 1 heterocycles. The number of carboxylic acids is 1. The highest BCUT2D eigenvalue weighted by Gasteiger charge is 2.18. The van der Waals surface area contributed by atoms with Crippen molar-refractivity contribution in [3.8, 4) is 0 Å². The van der Waals surface area contributed by atoms with Crippen molar-refractivity contribution >= 4 is 5.97 Å². The van der Waals surface area contributed by atoms with E-state index in [-0.39, 0.29) is 11.2 Å². The van der Waals surface area contributed by atoms with Gasteiger partial charge in [0.1, 0.15) is 5.76 Å². The summed E-state index contributed by atoms with van der Waals surface area (Å²) in [5.74, 6) is -0.350. The molecule has 19 heavy (non-hydrogen) atoms. The van der Waals surface area contributed by atoms with Crippen LogP contribution in [0.15, 0.2) is 10.5 Å². The average Bonchev–Trinajstić information content (AvgIpc) is 2.68. The molecule has 0 fully saturated rings. The third-order valence-corrected chi connectivity index (χ3v) is 3.05. The van der Waals surface area contributed by atoms with E-state index in [2.05, 4.69) is 19.2 Å². The maximum atomic E-state index is 10.9. The molecular formula is C14H23NO4. The van der Waals surface area contributed by atoms with Gasteiger partial charge in [-0.1, -0.05) is 13.8 Å². The number of aromatic carboxylic acids is 1. The zero-order chi connectivity index (χ0) is 14.5. The highest BCUT2D eigenvalue weighted by Crippen LogP contribution is 2.19. The van der Waals surface area contributed by atoms with Gasteiger partial charge in [-0.2, -0.15) is 0 Å². The second-order valence-electron chi connectivity index (χ2n) is 5.54. The number of methoxy groups -OCH3 is 1. The van der Waals surface area contributed by atoms with Crippen LogP contribution < -0.4 is 5.32 Å². The first kappa shape index (κ1) is 15.7. The smallest absolute Gasteiger partial charge is 0.372 e. The third kappa shape index (κ3) is 5.04. The number of carbonyl (C=O) groups is 1. The minimum Gasteiger partial charge on any atom is -0.475 e. The van der Waals surface area contributed by atoms with Gasteiger partial charge in [-0.3, -0.25) is 0 Å². The number of aryl methyl sites for hydroxylation is 1. The summed E-state index contributed by atoms with van der Waals surface area (Å²) in [6.45, 7) is 8.14. The van der Waals surface area contributed by atoms with Crippen LogP contribution in [0.4, 0.5) is 0 Å². The van der Waals surface area contributed by atoms with Gasteiger partial charge >= 0.3 is 5.97 Å². The lowest BCUT2D eigenvalue weighted by Crippen LogP contribution is -2.30. The van der Waals surface area contributed by atoms with Crippen LogP contribution in [0.5, 0.6) is 0 Å². The van der Waals surface area contributed by atoms with Crippen molar-refractivity contribution in [2.45, 2.75) is 33.7 Å². The summed E-state index contributed by atoms with van der Waals surface area (Å²) in [4.78, 5) is 10.9. The number of nitrogens with one attached hydrogen (secondary N) is 1. The maximum Gasteiger partial charge on any atom is 0.372 e. The average molecular weight is 269 g/mol. The van der Waals surface area contributed by atoms with Crippen molar-refractivity contribution in [2.24, 2.45) is 5.41 Å². The Bertz CT molecular complexity index is 423. The van der Waals surface area contributed by atoms with Crippen LogP contribution in [0.2, 0.25) is 0 Å². The molecule has 0 unspecified atom stereocenters. The highest BCUT2D eigenvalue weighted by atomic mass is 16.5. The van der Waals surface area contributed by atoms with Gasteiger partial charge in [0.05, 0.1) is 6.54 Å². The first-order valence-electron chi connectivity index (χ1n) is 6.38. The largest absolute Gasteiger partial charge is 0.475 e. The number of rotatable bonds is 8. The normalized spacial score (nSPS) is 11.8. The summed E-state index contributed by atoms with van der Waals surface area (Å²) in [5.41, 5.74) is 0.788.